The highest BCUT2D eigenvalue weighted by atomic mass is 16.5. The second-order valence-corrected chi connectivity index (χ2v) is 12.4. The molecule has 0 aromatic carbocycles. The smallest absolute Gasteiger partial charge is 0.240 e. The van der Waals surface area contributed by atoms with Crippen molar-refractivity contribution in [3.05, 3.63) is 41.3 Å². The summed E-state index contributed by atoms with van der Waals surface area (Å²) in [6, 6.07) is 6.94. The molecule has 4 fully saturated rings. The molecule has 2 bridgehead atoms. The number of pyridine rings is 2. The van der Waals surface area contributed by atoms with Gasteiger partial charge < -0.3 is 25.0 Å². The first-order chi connectivity index (χ1) is 20.0. The zero-order valence-corrected chi connectivity index (χ0v) is 23.4. The fraction of sp³-hybridized carbons (Fsp3) is 0.567. The molecule has 0 spiro atoms. The van der Waals surface area contributed by atoms with Gasteiger partial charge in [0.25, 0.3) is 0 Å². The number of likely N-dealkylation sites (N-methyl/N-ethyl adjacent to an activating group) is 1. The van der Waals surface area contributed by atoms with Crippen molar-refractivity contribution < 1.29 is 14.6 Å². The molecule has 3 aromatic heterocycles. The van der Waals surface area contributed by atoms with Gasteiger partial charge in [-0.3, -0.25) is 9.69 Å². The van der Waals surface area contributed by atoms with Gasteiger partial charge in [-0.15, -0.1) is 0 Å². The largest absolute Gasteiger partial charge is 0.392 e. The van der Waals surface area contributed by atoms with E-state index in [-0.39, 0.29) is 11.9 Å². The highest BCUT2D eigenvalue weighted by Gasteiger charge is 2.41. The van der Waals surface area contributed by atoms with Crippen LogP contribution in [0.3, 0.4) is 0 Å². The number of carbonyl (C=O) groups excluding carboxylic acids is 1. The first kappa shape index (κ1) is 25.3. The number of carbonyl (C=O) groups is 1. The minimum absolute atomic E-state index is 0.0882. The van der Waals surface area contributed by atoms with E-state index in [9.17, 15) is 9.90 Å². The van der Waals surface area contributed by atoms with E-state index in [1.54, 1.807) is 0 Å². The Bertz CT molecular complexity index is 1490. The fourth-order valence-corrected chi connectivity index (χ4v) is 7.42. The molecule has 4 saturated heterocycles. The van der Waals surface area contributed by atoms with Crippen molar-refractivity contribution in [1.82, 2.24) is 29.7 Å². The van der Waals surface area contributed by atoms with E-state index in [2.05, 4.69) is 21.3 Å². The molecule has 8 rings (SSSR count). The summed E-state index contributed by atoms with van der Waals surface area (Å²) in [5, 5.41) is 14.3. The Labute approximate surface area is 238 Å². The van der Waals surface area contributed by atoms with Gasteiger partial charge in [-0.05, 0) is 56.8 Å². The summed E-state index contributed by atoms with van der Waals surface area (Å²) in [4.78, 5) is 39.2. The predicted octanol–water partition coefficient (Wildman–Crippen LogP) is 2.36. The minimum Gasteiger partial charge on any atom is -0.392 e. The van der Waals surface area contributed by atoms with Crippen molar-refractivity contribution in [3.63, 3.8) is 0 Å². The molecular weight excluding hydrogens is 520 g/mol. The standard InChI is InChI=1S/C30H36N8O3/c1-36-14-22(39)11-25(36)29(40)37-9-8-23-17(13-37)2-7-26(32-23)34-30-31-12-18-10-24(19-15-41-16-19)33-28(27(18)35-30)38-20-3-4-21(38)6-5-20/h2,7,10,12,19-22,25,39H,3-6,8-9,11,13-16H2,1H3,(H,31,32,34,35)/t20?,21?,22-,25-/m0/s1. The SMILES string of the molecule is CN1C[C@@H](O)C[C@H]1C(=O)N1CCc2nc(Nc3ncc4cc(C5COC5)nc(N5C6CCC5CC6)c4n3)ccc2C1. The summed E-state index contributed by atoms with van der Waals surface area (Å²) in [5.74, 6) is 2.62. The third-order valence-electron chi connectivity index (χ3n) is 9.73. The number of nitrogens with one attached hydrogen (secondary N) is 1. The van der Waals surface area contributed by atoms with E-state index >= 15 is 0 Å². The van der Waals surface area contributed by atoms with Gasteiger partial charge in [0.05, 0.1) is 31.1 Å². The Morgan fingerprint density at radius 3 is 2.61 bits per heavy atom. The molecule has 214 valence electrons. The lowest BCUT2D eigenvalue weighted by atomic mass is 10.0. The zero-order chi connectivity index (χ0) is 27.7. The quantitative estimate of drug-likeness (QED) is 0.485. The molecule has 0 saturated carbocycles. The van der Waals surface area contributed by atoms with Crippen molar-refractivity contribution in [2.24, 2.45) is 0 Å². The Kier molecular flexibility index (Phi) is 6.08. The third-order valence-corrected chi connectivity index (χ3v) is 9.73. The van der Waals surface area contributed by atoms with Crippen molar-refractivity contribution in [2.45, 2.75) is 75.2 Å². The maximum absolute atomic E-state index is 13.1. The number of aromatic nitrogens is 4. The molecule has 41 heavy (non-hydrogen) atoms. The fourth-order valence-electron chi connectivity index (χ4n) is 7.42. The molecule has 0 radical (unpaired) electrons. The molecule has 2 atom stereocenters. The monoisotopic (exact) mass is 556 g/mol. The second kappa shape index (κ2) is 9.85. The maximum Gasteiger partial charge on any atom is 0.240 e. The van der Waals surface area contributed by atoms with Crippen LogP contribution in [-0.2, 0) is 22.5 Å². The number of ether oxygens (including phenoxy) is 1. The lowest BCUT2D eigenvalue weighted by Gasteiger charge is -2.32. The Hall–Kier alpha value is -3.41. The van der Waals surface area contributed by atoms with Crippen molar-refractivity contribution in [1.29, 1.82) is 0 Å². The van der Waals surface area contributed by atoms with Gasteiger partial charge in [-0.2, -0.15) is 0 Å². The number of anilines is 3. The van der Waals surface area contributed by atoms with Crippen LogP contribution >= 0.6 is 0 Å². The van der Waals surface area contributed by atoms with Crippen molar-refractivity contribution in [2.75, 3.05) is 43.6 Å². The number of likely N-dealkylation sites (tertiary alicyclic amines) is 1. The van der Waals surface area contributed by atoms with Crippen LogP contribution in [0.4, 0.5) is 17.6 Å². The summed E-state index contributed by atoms with van der Waals surface area (Å²) < 4.78 is 5.46. The van der Waals surface area contributed by atoms with E-state index in [1.165, 1.54) is 25.7 Å². The highest BCUT2D eigenvalue weighted by molar-refractivity contribution is 5.90. The number of nitrogens with zero attached hydrogens (tertiary/aromatic N) is 7. The van der Waals surface area contributed by atoms with Crippen LogP contribution in [0.15, 0.2) is 24.4 Å². The average Bonchev–Trinajstić information content (AvgIpc) is 3.64. The summed E-state index contributed by atoms with van der Waals surface area (Å²) in [6.45, 7) is 3.15. The molecule has 5 aliphatic heterocycles. The van der Waals surface area contributed by atoms with E-state index in [4.69, 9.17) is 19.7 Å². The number of hydrogen-bond donors (Lipinski definition) is 2. The number of aliphatic hydroxyl groups excluding tert-OH is 1. The number of hydrogen-bond acceptors (Lipinski definition) is 10. The number of aliphatic hydroxyl groups is 1. The Morgan fingerprint density at radius 2 is 1.90 bits per heavy atom. The summed E-state index contributed by atoms with van der Waals surface area (Å²) in [5.41, 5.74) is 4.01. The highest BCUT2D eigenvalue weighted by Crippen LogP contribution is 2.43. The predicted molar refractivity (Wildman–Crippen MR) is 153 cm³/mol. The third kappa shape index (κ3) is 4.41. The lowest BCUT2D eigenvalue weighted by molar-refractivity contribution is -0.136. The van der Waals surface area contributed by atoms with Gasteiger partial charge in [-0.1, -0.05) is 6.07 Å². The molecule has 0 unspecified atom stereocenters. The first-order valence-corrected chi connectivity index (χ1v) is 15.0. The van der Waals surface area contributed by atoms with E-state index < -0.39 is 6.10 Å². The molecule has 8 heterocycles. The van der Waals surface area contributed by atoms with Gasteiger partial charge in [0.1, 0.15) is 11.3 Å². The second-order valence-electron chi connectivity index (χ2n) is 12.4. The van der Waals surface area contributed by atoms with Crippen LogP contribution < -0.4 is 10.2 Å². The van der Waals surface area contributed by atoms with Crippen LogP contribution in [0.2, 0.25) is 0 Å². The number of rotatable bonds is 5. The maximum atomic E-state index is 13.1. The topological polar surface area (TPSA) is 120 Å². The van der Waals surface area contributed by atoms with Gasteiger partial charge in [0.15, 0.2) is 5.82 Å². The summed E-state index contributed by atoms with van der Waals surface area (Å²) >= 11 is 0. The molecule has 0 aliphatic carbocycles. The van der Waals surface area contributed by atoms with E-state index in [0.717, 1.165) is 46.9 Å². The van der Waals surface area contributed by atoms with Crippen molar-refractivity contribution in [3.8, 4) is 0 Å². The zero-order valence-electron chi connectivity index (χ0n) is 23.4. The molecule has 2 N–H and O–H groups in total. The van der Waals surface area contributed by atoms with Crippen LogP contribution in [0, 0.1) is 0 Å². The van der Waals surface area contributed by atoms with E-state index in [1.807, 2.05) is 35.2 Å². The first-order valence-electron chi connectivity index (χ1n) is 15.0. The molecule has 5 aliphatic rings. The summed E-state index contributed by atoms with van der Waals surface area (Å²) in [6.07, 6.45) is 7.55. The molecule has 11 heteroatoms. The van der Waals surface area contributed by atoms with Crippen LogP contribution in [0.5, 0.6) is 0 Å². The van der Waals surface area contributed by atoms with Gasteiger partial charge in [-0.25, -0.2) is 19.9 Å². The Balaban J connectivity index is 1.04. The normalized spacial score (nSPS) is 27.9. The molecule has 1 amide bonds. The van der Waals surface area contributed by atoms with Crippen LogP contribution in [-0.4, -0.2) is 98.3 Å². The average molecular weight is 557 g/mol. The van der Waals surface area contributed by atoms with Crippen molar-refractivity contribution >= 4 is 34.4 Å². The molecule has 3 aromatic rings. The van der Waals surface area contributed by atoms with Gasteiger partial charge in [0.2, 0.25) is 11.9 Å². The lowest BCUT2D eigenvalue weighted by Crippen LogP contribution is -2.46. The number of β-amino-alcohol motifs (C(OH)–C–C–N with tert-alkyl or cyclic N) is 1. The minimum atomic E-state index is -0.435. The van der Waals surface area contributed by atoms with Gasteiger partial charge >= 0.3 is 0 Å². The molecular formula is C30H36N8O3. The van der Waals surface area contributed by atoms with E-state index in [0.29, 0.717) is 62.2 Å². The molecule has 11 nitrogen and oxygen atoms in total. The Morgan fingerprint density at radius 1 is 1.10 bits per heavy atom. The van der Waals surface area contributed by atoms with Crippen LogP contribution in [0.25, 0.3) is 10.9 Å². The number of fused-ring (bicyclic) bond motifs is 4. The van der Waals surface area contributed by atoms with Crippen LogP contribution in [0.1, 0.15) is 55.0 Å². The summed E-state index contributed by atoms with van der Waals surface area (Å²) in [7, 11) is 1.90. The number of amides is 1. The van der Waals surface area contributed by atoms with Gasteiger partial charge in [0, 0.05) is 61.3 Å².